The summed E-state index contributed by atoms with van der Waals surface area (Å²) in [6.45, 7) is 0.165. The molecule has 2 atom stereocenters. The lowest BCUT2D eigenvalue weighted by molar-refractivity contribution is -0.141. The molecule has 0 unspecified atom stereocenters. The normalized spacial score (nSPS) is 18.7. The molecule has 1 aromatic carbocycles. The molecule has 164 valence electrons. The highest BCUT2D eigenvalue weighted by Gasteiger charge is 2.38. The number of rotatable bonds is 8. The minimum absolute atomic E-state index is 0.129. The highest BCUT2D eigenvalue weighted by atomic mass is 16.5. The van der Waals surface area contributed by atoms with Crippen molar-refractivity contribution in [3.63, 3.8) is 0 Å². The van der Waals surface area contributed by atoms with Gasteiger partial charge in [0.1, 0.15) is 23.0 Å². The van der Waals surface area contributed by atoms with Gasteiger partial charge in [0.05, 0.1) is 13.2 Å². The van der Waals surface area contributed by atoms with Crippen LogP contribution in [0.3, 0.4) is 0 Å². The van der Waals surface area contributed by atoms with Crippen molar-refractivity contribution in [2.45, 2.75) is 50.7 Å². The molecule has 9 nitrogen and oxygen atoms in total. The van der Waals surface area contributed by atoms with Gasteiger partial charge in [-0.1, -0.05) is 18.6 Å². The molecule has 0 amide bonds. The molecule has 0 aliphatic carbocycles. The van der Waals surface area contributed by atoms with Gasteiger partial charge in [-0.05, 0) is 25.0 Å². The number of nitrogens with zero attached hydrogens (tertiary/aromatic N) is 3. The molecule has 0 saturated carbocycles. The van der Waals surface area contributed by atoms with Crippen LogP contribution in [0, 0.1) is 0 Å². The lowest BCUT2D eigenvalue weighted by Gasteiger charge is -2.22. The monoisotopic (exact) mass is 427 g/mol. The first-order valence-corrected chi connectivity index (χ1v) is 10.4. The Kier molecular flexibility index (Phi) is 6.03. The number of anilines is 1. The number of hydrogen-bond acceptors (Lipinski definition) is 8. The number of hydrogen-bond donors (Lipinski definition) is 2. The molecule has 2 N–H and O–H groups in total. The standard InChI is InChI=1S/C22H25N3O6/c1-30-18(27)10-4-2-3-9-17-23-19-14-7-5-6-8-16(14)31-20(19)21(24-17)25-12-13(26)11-15(25)22(28)29/h5-8,13,15,26H,2-4,9-12H2,1H3,(H,28,29)/t13-,15-/m0/s1. The van der Waals surface area contributed by atoms with E-state index in [4.69, 9.17) is 9.40 Å². The summed E-state index contributed by atoms with van der Waals surface area (Å²) in [5.74, 6) is -0.256. The molecule has 1 saturated heterocycles. The van der Waals surface area contributed by atoms with Gasteiger partial charge in [-0.2, -0.15) is 0 Å². The molecule has 4 rings (SSSR count). The van der Waals surface area contributed by atoms with E-state index >= 15 is 0 Å². The van der Waals surface area contributed by atoms with E-state index in [0.717, 1.165) is 24.6 Å². The van der Waals surface area contributed by atoms with E-state index in [1.807, 2.05) is 24.3 Å². The van der Waals surface area contributed by atoms with Gasteiger partial charge in [0.15, 0.2) is 11.4 Å². The minimum Gasteiger partial charge on any atom is -0.480 e. The van der Waals surface area contributed by atoms with Gasteiger partial charge in [-0.3, -0.25) is 4.79 Å². The number of ether oxygens (including phenoxy) is 1. The van der Waals surface area contributed by atoms with E-state index < -0.39 is 18.1 Å². The molecule has 3 aromatic rings. The van der Waals surface area contributed by atoms with Gasteiger partial charge >= 0.3 is 11.9 Å². The van der Waals surface area contributed by atoms with Crippen LogP contribution in [0.5, 0.6) is 0 Å². The predicted octanol–water partition coefficient (Wildman–Crippen LogP) is 2.68. The van der Waals surface area contributed by atoms with Crippen LogP contribution in [0.15, 0.2) is 28.7 Å². The summed E-state index contributed by atoms with van der Waals surface area (Å²) in [4.78, 5) is 34.0. The van der Waals surface area contributed by atoms with Crippen LogP contribution in [0.25, 0.3) is 22.1 Å². The highest BCUT2D eigenvalue weighted by molar-refractivity contribution is 6.06. The van der Waals surface area contributed by atoms with Crippen molar-refractivity contribution in [2.75, 3.05) is 18.6 Å². The Labute approximate surface area is 178 Å². The van der Waals surface area contributed by atoms with Crippen molar-refractivity contribution in [2.24, 2.45) is 0 Å². The quantitative estimate of drug-likeness (QED) is 0.412. The number of benzene rings is 1. The number of carbonyl (C=O) groups excluding carboxylic acids is 1. The number of aryl methyl sites for hydroxylation is 1. The number of para-hydroxylation sites is 1. The van der Waals surface area contributed by atoms with Crippen LogP contribution >= 0.6 is 0 Å². The van der Waals surface area contributed by atoms with E-state index in [-0.39, 0.29) is 18.9 Å². The summed E-state index contributed by atoms with van der Waals surface area (Å²) in [6.07, 6.45) is 2.65. The molecule has 1 aliphatic rings. The molecule has 0 bridgehead atoms. The van der Waals surface area contributed by atoms with Crippen molar-refractivity contribution in [1.82, 2.24) is 9.97 Å². The zero-order chi connectivity index (χ0) is 22.0. The second-order valence-corrected chi connectivity index (χ2v) is 7.77. The maximum Gasteiger partial charge on any atom is 0.326 e. The van der Waals surface area contributed by atoms with Gasteiger partial charge in [-0.15, -0.1) is 0 Å². The van der Waals surface area contributed by atoms with Gasteiger partial charge < -0.3 is 24.3 Å². The van der Waals surface area contributed by atoms with Crippen LogP contribution in [0.2, 0.25) is 0 Å². The number of aliphatic hydroxyl groups excluding tert-OH is 1. The van der Waals surface area contributed by atoms with Crippen molar-refractivity contribution < 1.29 is 29.0 Å². The highest BCUT2D eigenvalue weighted by Crippen LogP contribution is 2.36. The van der Waals surface area contributed by atoms with Crippen LogP contribution in [-0.2, 0) is 20.7 Å². The molecule has 0 spiro atoms. The third-order valence-electron chi connectivity index (χ3n) is 5.59. The summed E-state index contributed by atoms with van der Waals surface area (Å²) in [7, 11) is 1.38. The molecule has 31 heavy (non-hydrogen) atoms. The van der Waals surface area contributed by atoms with Gasteiger partial charge in [-0.25, -0.2) is 14.8 Å². The van der Waals surface area contributed by atoms with Crippen LogP contribution in [0.1, 0.15) is 37.9 Å². The van der Waals surface area contributed by atoms with Crippen LogP contribution in [-0.4, -0.2) is 57.9 Å². The van der Waals surface area contributed by atoms with Crippen LogP contribution in [0.4, 0.5) is 5.82 Å². The average Bonchev–Trinajstić information content (AvgIpc) is 3.33. The van der Waals surface area contributed by atoms with E-state index in [2.05, 4.69) is 9.72 Å². The number of aromatic nitrogens is 2. The number of fused-ring (bicyclic) bond motifs is 3. The van der Waals surface area contributed by atoms with Gasteiger partial charge in [0.25, 0.3) is 0 Å². The third-order valence-corrected chi connectivity index (χ3v) is 5.59. The Balaban J connectivity index is 1.67. The second-order valence-electron chi connectivity index (χ2n) is 7.77. The molecule has 3 heterocycles. The lowest BCUT2D eigenvalue weighted by atomic mass is 10.1. The maximum atomic E-state index is 11.8. The average molecular weight is 427 g/mol. The molecule has 0 radical (unpaired) electrons. The number of furan rings is 1. The largest absolute Gasteiger partial charge is 0.480 e. The van der Waals surface area contributed by atoms with E-state index in [0.29, 0.717) is 41.2 Å². The van der Waals surface area contributed by atoms with Crippen molar-refractivity contribution in [3.05, 3.63) is 30.1 Å². The number of carboxylic acids is 1. The third kappa shape index (κ3) is 4.32. The second kappa shape index (κ2) is 8.89. The Bertz CT molecular complexity index is 1110. The Hall–Kier alpha value is -3.20. The molecule has 1 aliphatic heterocycles. The fourth-order valence-electron chi connectivity index (χ4n) is 4.04. The van der Waals surface area contributed by atoms with Crippen LogP contribution < -0.4 is 4.90 Å². The molecule has 2 aromatic heterocycles. The SMILES string of the molecule is COC(=O)CCCCCc1nc(N2C[C@@H](O)C[C@H]2C(=O)O)c2oc3ccccc3c2n1. The van der Waals surface area contributed by atoms with Crippen molar-refractivity contribution in [1.29, 1.82) is 0 Å². The number of unbranched alkanes of at least 4 members (excludes halogenated alkanes) is 2. The summed E-state index contributed by atoms with van der Waals surface area (Å²) in [5.41, 5.74) is 1.71. The van der Waals surface area contributed by atoms with E-state index in [1.165, 1.54) is 7.11 Å². The first-order chi connectivity index (χ1) is 15.0. The van der Waals surface area contributed by atoms with E-state index in [1.54, 1.807) is 4.90 Å². The zero-order valence-corrected chi connectivity index (χ0v) is 17.3. The lowest BCUT2D eigenvalue weighted by Crippen LogP contribution is -2.36. The number of aliphatic hydroxyl groups is 1. The van der Waals surface area contributed by atoms with Crippen molar-refractivity contribution >= 4 is 39.8 Å². The van der Waals surface area contributed by atoms with Gasteiger partial charge in [0.2, 0.25) is 0 Å². The molecular formula is C22H25N3O6. The van der Waals surface area contributed by atoms with Gasteiger partial charge in [0, 0.05) is 31.2 Å². The summed E-state index contributed by atoms with van der Waals surface area (Å²) in [6, 6.07) is 6.62. The molecule has 9 heteroatoms. The topological polar surface area (TPSA) is 126 Å². The zero-order valence-electron chi connectivity index (χ0n) is 17.3. The number of carbonyl (C=O) groups is 2. The maximum absolute atomic E-state index is 11.8. The number of β-amino-alcohol motifs (C(OH)–C–C–N with tert-alkyl or cyclic N) is 1. The predicted molar refractivity (Wildman–Crippen MR) is 113 cm³/mol. The summed E-state index contributed by atoms with van der Waals surface area (Å²) < 4.78 is 10.7. The Morgan fingerprint density at radius 3 is 2.81 bits per heavy atom. The summed E-state index contributed by atoms with van der Waals surface area (Å²) >= 11 is 0. The summed E-state index contributed by atoms with van der Waals surface area (Å²) in [5, 5.41) is 20.6. The Morgan fingerprint density at radius 2 is 2.03 bits per heavy atom. The number of carboxylic acid groups (broad SMARTS) is 1. The van der Waals surface area contributed by atoms with E-state index in [9.17, 15) is 19.8 Å². The number of esters is 1. The smallest absolute Gasteiger partial charge is 0.326 e. The van der Waals surface area contributed by atoms with Crippen molar-refractivity contribution in [3.8, 4) is 0 Å². The fourth-order valence-corrected chi connectivity index (χ4v) is 4.04. The minimum atomic E-state index is -1.01. The number of methoxy groups -OCH3 is 1. The first kappa shape index (κ1) is 21.0. The first-order valence-electron chi connectivity index (χ1n) is 10.4. The number of aliphatic carboxylic acids is 1. The molecular weight excluding hydrogens is 402 g/mol. The Morgan fingerprint density at radius 1 is 1.23 bits per heavy atom. The molecule has 1 fully saturated rings. The fraction of sp³-hybridized carbons (Fsp3) is 0.455.